The number of carboxylic acid groups (broad SMARTS) is 1. The summed E-state index contributed by atoms with van der Waals surface area (Å²) in [5, 5.41) is 16.2. The highest BCUT2D eigenvalue weighted by Crippen LogP contribution is 2.28. The first kappa shape index (κ1) is 14.9. The van der Waals surface area contributed by atoms with E-state index < -0.39 is 11.5 Å². The third-order valence-corrected chi connectivity index (χ3v) is 4.51. The molecule has 0 radical (unpaired) electrons. The Morgan fingerprint density at radius 3 is 2.65 bits per heavy atom. The number of carbonyl (C=O) groups is 2. The maximum atomic E-state index is 12.2. The van der Waals surface area contributed by atoms with Crippen molar-refractivity contribution in [3.8, 4) is 0 Å². The molecule has 1 atom stereocenters. The van der Waals surface area contributed by atoms with Crippen LogP contribution in [0.5, 0.6) is 0 Å². The quantitative estimate of drug-likeness (QED) is 0.879. The van der Waals surface area contributed by atoms with Crippen LogP contribution in [0.25, 0.3) is 0 Å². The largest absolute Gasteiger partial charge is 0.479 e. The number of nitrogens with one attached hydrogen (secondary N) is 1. The normalized spacial score (nSPS) is 22.8. The molecule has 0 aromatic carbocycles. The molecule has 1 fully saturated rings. The predicted octanol–water partition coefficient (Wildman–Crippen LogP) is 1.33. The van der Waals surface area contributed by atoms with Crippen LogP contribution in [0.2, 0.25) is 0 Å². The SMILES string of the molecule is CC(C)(C)n1cc(C(=O)NC2(C(=O)O)CCSC2)cn1. The van der Waals surface area contributed by atoms with Crippen LogP contribution in [-0.2, 0) is 10.3 Å². The molecule has 1 unspecified atom stereocenters. The molecule has 0 spiro atoms. The molecule has 20 heavy (non-hydrogen) atoms. The van der Waals surface area contributed by atoms with Gasteiger partial charge in [0.1, 0.15) is 5.54 Å². The van der Waals surface area contributed by atoms with Crippen molar-refractivity contribution in [2.24, 2.45) is 0 Å². The van der Waals surface area contributed by atoms with E-state index in [4.69, 9.17) is 0 Å². The van der Waals surface area contributed by atoms with Gasteiger partial charge < -0.3 is 10.4 Å². The molecule has 2 N–H and O–H groups in total. The fourth-order valence-corrected chi connectivity index (χ4v) is 3.31. The molecule has 6 nitrogen and oxygen atoms in total. The van der Waals surface area contributed by atoms with Crippen molar-refractivity contribution >= 4 is 23.6 Å². The summed E-state index contributed by atoms with van der Waals surface area (Å²) in [6, 6.07) is 0. The van der Waals surface area contributed by atoms with Gasteiger partial charge in [-0.15, -0.1) is 0 Å². The Hall–Kier alpha value is -1.50. The molecule has 0 aliphatic carbocycles. The average Bonchev–Trinajstić information content (AvgIpc) is 2.96. The van der Waals surface area contributed by atoms with Crippen molar-refractivity contribution in [2.75, 3.05) is 11.5 Å². The second-order valence-electron chi connectivity index (χ2n) is 5.99. The summed E-state index contributed by atoms with van der Waals surface area (Å²) in [6.07, 6.45) is 3.57. The Labute approximate surface area is 121 Å². The summed E-state index contributed by atoms with van der Waals surface area (Å²) < 4.78 is 1.69. The van der Waals surface area contributed by atoms with E-state index in [9.17, 15) is 14.7 Å². The van der Waals surface area contributed by atoms with E-state index in [0.717, 1.165) is 5.75 Å². The number of nitrogens with zero attached hydrogens (tertiary/aromatic N) is 2. The van der Waals surface area contributed by atoms with Gasteiger partial charge in [-0.25, -0.2) is 4.79 Å². The highest BCUT2D eigenvalue weighted by atomic mass is 32.2. The van der Waals surface area contributed by atoms with E-state index in [1.807, 2.05) is 20.8 Å². The first-order chi connectivity index (χ1) is 9.24. The first-order valence-electron chi connectivity index (χ1n) is 6.43. The number of carbonyl (C=O) groups excluding carboxylic acids is 1. The van der Waals surface area contributed by atoms with Crippen molar-refractivity contribution in [3.05, 3.63) is 18.0 Å². The van der Waals surface area contributed by atoms with Gasteiger partial charge in [0.05, 0.1) is 17.3 Å². The van der Waals surface area contributed by atoms with Gasteiger partial charge in [-0.1, -0.05) is 0 Å². The fourth-order valence-electron chi connectivity index (χ4n) is 1.98. The standard InChI is InChI=1S/C13H19N3O3S/c1-12(2,3)16-7-9(6-14-16)10(17)15-13(11(18)19)4-5-20-8-13/h6-7H,4-5,8H2,1-3H3,(H,15,17)(H,18,19). The lowest BCUT2D eigenvalue weighted by atomic mass is 9.99. The van der Waals surface area contributed by atoms with Crippen molar-refractivity contribution in [3.63, 3.8) is 0 Å². The number of rotatable bonds is 3. The lowest BCUT2D eigenvalue weighted by Gasteiger charge is -2.24. The molecule has 1 amide bonds. The highest BCUT2D eigenvalue weighted by Gasteiger charge is 2.43. The van der Waals surface area contributed by atoms with Gasteiger partial charge in [0.15, 0.2) is 0 Å². The number of aromatic nitrogens is 2. The van der Waals surface area contributed by atoms with E-state index in [-0.39, 0.29) is 11.4 Å². The second-order valence-corrected chi connectivity index (χ2v) is 7.09. The molecule has 1 aliphatic rings. The Kier molecular flexibility index (Phi) is 3.82. The van der Waals surface area contributed by atoms with Crippen LogP contribution >= 0.6 is 11.8 Å². The average molecular weight is 297 g/mol. The zero-order chi connectivity index (χ0) is 15.0. The zero-order valence-corrected chi connectivity index (χ0v) is 12.7. The Balaban J connectivity index is 2.16. The summed E-state index contributed by atoms with van der Waals surface area (Å²) in [6.45, 7) is 5.94. The molecule has 7 heteroatoms. The molecule has 0 bridgehead atoms. The summed E-state index contributed by atoms with van der Waals surface area (Å²) in [5.74, 6) is -0.209. The number of carboxylic acids is 1. The van der Waals surface area contributed by atoms with E-state index in [1.54, 1.807) is 10.9 Å². The van der Waals surface area contributed by atoms with E-state index >= 15 is 0 Å². The summed E-state index contributed by atoms with van der Waals surface area (Å²) >= 11 is 1.54. The smallest absolute Gasteiger partial charge is 0.330 e. The van der Waals surface area contributed by atoms with Crippen LogP contribution in [0.3, 0.4) is 0 Å². The minimum absolute atomic E-state index is 0.216. The van der Waals surface area contributed by atoms with Crippen molar-refractivity contribution < 1.29 is 14.7 Å². The van der Waals surface area contributed by atoms with Crippen molar-refractivity contribution in [1.82, 2.24) is 15.1 Å². The van der Waals surface area contributed by atoms with Gasteiger partial charge in [0, 0.05) is 11.9 Å². The third-order valence-electron chi connectivity index (χ3n) is 3.32. The molecule has 0 saturated carbocycles. The molecule has 2 rings (SSSR count). The molecule has 1 aromatic heterocycles. The number of aliphatic carboxylic acids is 1. The van der Waals surface area contributed by atoms with Crippen LogP contribution in [0, 0.1) is 0 Å². The minimum atomic E-state index is -1.15. The summed E-state index contributed by atoms with van der Waals surface area (Å²) in [5.41, 5.74) is -0.977. The van der Waals surface area contributed by atoms with E-state index in [2.05, 4.69) is 10.4 Å². The predicted molar refractivity (Wildman–Crippen MR) is 77.0 cm³/mol. The van der Waals surface area contributed by atoms with Crippen LogP contribution in [0.1, 0.15) is 37.6 Å². The van der Waals surface area contributed by atoms with Crippen LogP contribution in [0.4, 0.5) is 0 Å². The molecule has 2 heterocycles. The van der Waals surface area contributed by atoms with Gasteiger partial charge in [0.25, 0.3) is 5.91 Å². The first-order valence-corrected chi connectivity index (χ1v) is 7.59. The van der Waals surface area contributed by atoms with Gasteiger partial charge in [0.2, 0.25) is 0 Å². The molecule has 110 valence electrons. The molecular weight excluding hydrogens is 278 g/mol. The summed E-state index contributed by atoms with van der Waals surface area (Å²) in [7, 11) is 0. The fraction of sp³-hybridized carbons (Fsp3) is 0.615. The minimum Gasteiger partial charge on any atom is -0.479 e. The molecule has 1 saturated heterocycles. The molecular formula is C13H19N3O3S. The number of hydrogen-bond acceptors (Lipinski definition) is 4. The Morgan fingerprint density at radius 2 is 2.20 bits per heavy atom. The van der Waals surface area contributed by atoms with Gasteiger partial charge in [-0.05, 0) is 32.9 Å². The second kappa shape index (κ2) is 5.12. The van der Waals surface area contributed by atoms with Crippen molar-refractivity contribution in [2.45, 2.75) is 38.3 Å². The van der Waals surface area contributed by atoms with Crippen LogP contribution in [-0.4, -0.2) is 43.8 Å². The lowest BCUT2D eigenvalue weighted by molar-refractivity contribution is -0.143. The number of amides is 1. The zero-order valence-electron chi connectivity index (χ0n) is 11.8. The van der Waals surface area contributed by atoms with Gasteiger partial charge in [-0.2, -0.15) is 16.9 Å². The van der Waals surface area contributed by atoms with Gasteiger partial charge in [-0.3, -0.25) is 9.48 Å². The van der Waals surface area contributed by atoms with Crippen LogP contribution < -0.4 is 5.32 Å². The molecule has 1 aromatic rings. The van der Waals surface area contributed by atoms with E-state index in [1.165, 1.54) is 18.0 Å². The molecule has 1 aliphatic heterocycles. The highest BCUT2D eigenvalue weighted by molar-refractivity contribution is 7.99. The topological polar surface area (TPSA) is 84.2 Å². The monoisotopic (exact) mass is 297 g/mol. The number of thioether (sulfide) groups is 1. The van der Waals surface area contributed by atoms with Gasteiger partial charge >= 0.3 is 5.97 Å². The third kappa shape index (κ3) is 2.82. The lowest BCUT2D eigenvalue weighted by Crippen LogP contribution is -2.54. The van der Waals surface area contributed by atoms with Crippen molar-refractivity contribution in [1.29, 1.82) is 0 Å². The van der Waals surface area contributed by atoms with Crippen LogP contribution in [0.15, 0.2) is 12.4 Å². The maximum Gasteiger partial charge on any atom is 0.330 e. The van der Waals surface area contributed by atoms with E-state index in [0.29, 0.717) is 17.7 Å². The Bertz CT molecular complexity index is 527. The Morgan fingerprint density at radius 1 is 1.50 bits per heavy atom. The summed E-state index contributed by atoms with van der Waals surface area (Å²) in [4.78, 5) is 23.6. The maximum absolute atomic E-state index is 12.2. The number of hydrogen-bond donors (Lipinski definition) is 2.